The standard InChI is InChI=1S/C32H36N6O7S/c39-19-22-7-9-23(10-8-22)28-17-27(20-46-32-34-36-37-38(32)25-13-15-26(40)16-14-25)44-31(45-28)24-11-5-21(6-12-24)18-33-29(41)3-1-2-4-30(42)35-43/h5-16,27-28,31,39-40,43H,1-4,17-20H2,(H,33,41)(H,35,42)/t27-,28+,31+/m0/s1. The van der Waals surface area contributed by atoms with Crippen LogP contribution in [0.25, 0.3) is 5.69 Å². The maximum absolute atomic E-state index is 12.2. The molecule has 1 aromatic heterocycles. The van der Waals surface area contributed by atoms with Gasteiger partial charge in [-0.1, -0.05) is 60.3 Å². The zero-order valence-corrected chi connectivity index (χ0v) is 25.8. The molecule has 0 saturated carbocycles. The highest BCUT2D eigenvalue weighted by Gasteiger charge is 2.32. The number of hydrogen-bond acceptors (Lipinski definition) is 11. The van der Waals surface area contributed by atoms with Crippen LogP contribution >= 0.6 is 11.8 Å². The van der Waals surface area contributed by atoms with Crippen LogP contribution in [0.5, 0.6) is 5.75 Å². The molecule has 1 aliphatic rings. The molecule has 0 aliphatic carbocycles. The zero-order chi connectivity index (χ0) is 32.3. The Morgan fingerprint density at radius 1 is 0.891 bits per heavy atom. The van der Waals surface area contributed by atoms with E-state index in [1.807, 2.05) is 48.5 Å². The van der Waals surface area contributed by atoms with Gasteiger partial charge in [-0.25, -0.2) is 5.48 Å². The number of rotatable bonds is 14. The number of thioether (sulfide) groups is 1. The van der Waals surface area contributed by atoms with E-state index in [2.05, 4.69) is 20.8 Å². The average molecular weight is 649 g/mol. The molecule has 0 spiro atoms. The lowest BCUT2D eigenvalue weighted by atomic mass is 10.0. The molecule has 5 N–H and O–H groups in total. The Labute approximate surface area is 269 Å². The van der Waals surface area contributed by atoms with E-state index < -0.39 is 12.2 Å². The minimum absolute atomic E-state index is 0.0390. The van der Waals surface area contributed by atoms with Gasteiger partial charge < -0.3 is 25.0 Å². The molecule has 3 atom stereocenters. The molecule has 3 aromatic carbocycles. The quantitative estimate of drug-likeness (QED) is 0.0579. The van der Waals surface area contributed by atoms with Gasteiger partial charge in [0.1, 0.15) is 5.75 Å². The number of tetrazole rings is 1. The average Bonchev–Trinajstić information content (AvgIpc) is 3.57. The van der Waals surface area contributed by atoms with Crippen molar-refractivity contribution in [2.24, 2.45) is 0 Å². The van der Waals surface area contributed by atoms with Crippen LogP contribution < -0.4 is 10.8 Å². The van der Waals surface area contributed by atoms with Crippen LogP contribution in [0.3, 0.4) is 0 Å². The first kappa shape index (κ1) is 33.0. The Morgan fingerprint density at radius 3 is 2.26 bits per heavy atom. The second-order valence-corrected chi connectivity index (χ2v) is 11.8. The summed E-state index contributed by atoms with van der Waals surface area (Å²) < 4.78 is 14.5. The highest BCUT2D eigenvalue weighted by molar-refractivity contribution is 7.99. The number of aliphatic hydroxyl groups excluding tert-OH is 1. The number of hydroxylamine groups is 1. The topological polar surface area (TPSA) is 181 Å². The van der Waals surface area contributed by atoms with E-state index in [-0.39, 0.29) is 36.9 Å². The van der Waals surface area contributed by atoms with Gasteiger partial charge in [-0.3, -0.25) is 14.8 Å². The van der Waals surface area contributed by atoms with Crippen LogP contribution in [0.2, 0.25) is 0 Å². The molecule has 0 unspecified atom stereocenters. The van der Waals surface area contributed by atoms with E-state index in [1.165, 1.54) is 11.8 Å². The van der Waals surface area contributed by atoms with Crippen molar-refractivity contribution >= 4 is 23.6 Å². The number of ether oxygens (including phenoxy) is 2. The number of phenolic OH excluding ortho intramolecular Hbond substituents is 1. The Bertz CT molecular complexity index is 1570. The number of amides is 2. The third-order valence-corrected chi connectivity index (χ3v) is 8.52. The first-order valence-electron chi connectivity index (χ1n) is 14.9. The van der Waals surface area contributed by atoms with Crippen molar-refractivity contribution in [2.45, 2.75) is 68.9 Å². The highest BCUT2D eigenvalue weighted by atomic mass is 32.2. The van der Waals surface area contributed by atoms with Gasteiger partial charge in [0.15, 0.2) is 6.29 Å². The highest BCUT2D eigenvalue weighted by Crippen LogP contribution is 2.39. The summed E-state index contributed by atoms with van der Waals surface area (Å²) in [5.74, 6) is 0.134. The number of hydrogen-bond donors (Lipinski definition) is 5. The summed E-state index contributed by atoms with van der Waals surface area (Å²) in [5.41, 5.74) is 5.85. The molecule has 0 bridgehead atoms. The number of phenols is 1. The molecule has 242 valence electrons. The summed E-state index contributed by atoms with van der Waals surface area (Å²) in [6.45, 7) is 0.320. The van der Waals surface area contributed by atoms with Crippen molar-refractivity contribution in [3.63, 3.8) is 0 Å². The molecule has 4 aromatic rings. The van der Waals surface area contributed by atoms with Crippen LogP contribution in [0.1, 0.15) is 66.8 Å². The molecule has 1 fully saturated rings. The lowest BCUT2D eigenvalue weighted by Crippen LogP contribution is -2.31. The molecular weight excluding hydrogens is 612 g/mol. The van der Waals surface area contributed by atoms with Crippen molar-refractivity contribution < 1.29 is 34.5 Å². The Kier molecular flexibility index (Phi) is 11.7. The van der Waals surface area contributed by atoms with Crippen LogP contribution in [-0.2, 0) is 32.2 Å². The fraction of sp³-hybridized carbons (Fsp3) is 0.344. The third kappa shape index (κ3) is 9.11. The van der Waals surface area contributed by atoms with Gasteiger partial charge in [-0.05, 0) is 64.2 Å². The van der Waals surface area contributed by atoms with Gasteiger partial charge in [-0.2, -0.15) is 4.68 Å². The smallest absolute Gasteiger partial charge is 0.243 e. The van der Waals surface area contributed by atoms with Gasteiger partial charge in [-0.15, -0.1) is 5.10 Å². The molecule has 5 rings (SSSR count). The lowest BCUT2D eigenvalue weighted by molar-refractivity contribution is -0.245. The number of benzene rings is 3. The molecule has 2 heterocycles. The number of carbonyl (C=O) groups excluding carboxylic acids is 2. The minimum atomic E-state index is -0.644. The Balaban J connectivity index is 1.22. The summed E-state index contributed by atoms with van der Waals surface area (Å²) in [6.07, 6.45) is 1.00. The second-order valence-electron chi connectivity index (χ2n) is 10.8. The molecular formula is C32H36N6O7S. The van der Waals surface area contributed by atoms with E-state index >= 15 is 0 Å². The van der Waals surface area contributed by atoms with Gasteiger partial charge in [0.2, 0.25) is 17.0 Å². The monoisotopic (exact) mass is 648 g/mol. The predicted molar refractivity (Wildman–Crippen MR) is 167 cm³/mol. The predicted octanol–water partition coefficient (Wildman–Crippen LogP) is 3.88. The lowest BCUT2D eigenvalue weighted by Gasteiger charge is -2.36. The molecule has 2 amide bonds. The first-order chi connectivity index (χ1) is 22.4. The fourth-order valence-electron chi connectivity index (χ4n) is 4.92. The van der Waals surface area contributed by atoms with Crippen molar-refractivity contribution in [1.82, 2.24) is 31.0 Å². The van der Waals surface area contributed by atoms with Crippen molar-refractivity contribution in [3.05, 3.63) is 95.1 Å². The Morgan fingerprint density at radius 2 is 1.57 bits per heavy atom. The fourth-order valence-corrected chi connectivity index (χ4v) is 5.83. The zero-order valence-electron chi connectivity index (χ0n) is 25.0. The molecule has 46 heavy (non-hydrogen) atoms. The van der Waals surface area contributed by atoms with E-state index in [1.54, 1.807) is 34.4 Å². The number of aromatic nitrogens is 4. The van der Waals surface area contributed by atoms with Crippen LogP contribution in [0, 0.1) is 0 Å². The molecule has 0 radical (unpaired) electrons. The second kappa shape index (κ2) is 16.3. The molecule has 13 nitrogen and oxygen atoms in total. The van der Waals surface area contributed by atoms with Gasteiger partial charge >= 0.3 is 0 Å². The number of nitrogens with zero attached hydrogens (tertiary/aromatic N) is 4. The van der Waals surface area contributed by atoms with Gasteiger partial charge in [0.25, 0.3) is 0 Å². The normalized spacial score (nSPS) is 17.8. The SMILES string of the molecule is O=C(CCCCC(=O)NCc1ccc([C@@H]2O[C@H](CSc3nnnn3-c3ccc(O)cc3)C[C@H](c3ccc(CO)cc3)O2)cc1)NO. The van der Waals surface area contributed by atoms with E-state index in [9.17, 15) is 19.8 Å². The number of unbranched alkanes of at least 4 members (excludes halogenated alkanes) is 1. The maximum atomic E-state index is 12.2. The number of carbonyl (C=O) groups is 2. The molecule has 1 aliphatic heterocycles. The number of aliphatic hydroxyl groups is 1. The summed E-state index contributed by atoms with van der Waals surface area (Å²) in [5, 5.41) is 43.3. The largest absolute Gasteiger partial charge is 0.508 e. The minimum Gasteiger partial charge on any atom is -0.508 e. The van der Waals surface area contributed by atoms with Crippen molar-refractivity contribution in [2.75, 3.05) is 5.75 Å². The Hall–Kier alpha value is -4.34. The summed E-state index contributed by atoms with van der Waals surface area (Å²) >= 11 is 1.46. The van der Waals surface area contributed by atoms with Crippen LogP contribution in [0.15, 0.2) is 78.0 Å². The van der Waals surface area contributed by atoms with Crippen LogP contribution in [-0.4, -0.2) is 59.3 Å². The third-order valence-electron chi connectivity index (χ3n) is 7.47. The van der Waals surface area contributed by atoms with Crippen LogP contribution in [0.4, 0.5) is 0 Å². The van der Waals surface area contributed by atoms with E-state index in [4.69, 9.17) is 14.7 Å². The maximum Gasteiger partial charge on any atom is 0.243 e. The molecule has 1 saturated heterocycles. The van der Waals surface area contributed by atoms with Gasteiger partial charge in [0, 0.05) is 37.1 Å². The summed E-state index contributed by atoms with van der Waals surface area (Å²) in [6, 6.07) is 22.0. The van der Waals surface area contributed by atoms with E-state index in [0.717, 1.165) is 27.9 Å². The van der Waals surface area contributed by atoms with E-state index in [0.29, 0.717) is 43.1 Å². The van der Waals surface area contributed by atoms with Gasteiger partial charge in [0.05, 0.1) is 24.5 Å². The molecule has 14 heteroatoms. The first-order valence-corrected chi connectivity index (χ1v) is 15.9. The summed E-state index contributed by atoms with van der Waals surface area (Å²) in [7, 11) is 0. The van der Waals surface area contributed by atoms with Crippen molar-refractivity contribution in [3.8, 4) is 11.4 Å². The number of nitrogens with one attached hydrogen (secondary N) is 2. The van der Waals surface area contributed by atoms with Crippen molar-refractivity contribution in [1.29, 1.82) is 0 Å². The summed E-state index contributed by atoms with van der Waals surface area (Å²) in [4.78, 5) is 23.3. The number of aromatic hydroxyl groups is 1.